The molecular weight excluding hydrogens is 202 g/mol. The van der Waals surface area contributed by atoms with E-state index in [1.807, 2.05) is 0 Å². The van der Waals surface area contributed by atoms with E-state index in [-0.39, 0.29) is 6.61 Å². The van der Waals surface area contributed by atoms with Gasteiger partial charge in [-0.05, 0) is 6.42 Å². The molecule has 0 heterocycles. The molecule has 0 aliphatic rings. The van der Waals surface area contributed by atoms with Crippen LogP contribution in [0.25, 0.3) is 0 Å². The third-order valence-electron chi connectivity index (χ3n) is 2.52. The third-order valence-corrected chi connectivity index (χ3v) is 2.52. The number of rotatable bonds is 8. The highest BCUT2D eigenvalue weighted by atomic mass is 16.3. The van der Waals surface area contributed by atoms with E-state index in [0.29, 0.717) is 0 Å². The van der Waals surface area contributed by atoms with Crippen molar-refractivity contribution in [2.24, 2.45) is 5.73 Å². The average Bonchev–Trinajstić information content (AvgIpc) is 2.31. The van der Waals surface area contributed by atoms with Crippen LogP contribution >= 0.6 is 0 Å². The lowest BCUT2D eigenvalue weighted by atomic mass is 10.1. The van der Waals surface area contributed by atoms with Gasteiger partial charge in [0.1, 0.15) is 6.10 Å². The largest absolute Gasteiger partial charge is 0.395 e. The normalized spacial score (nSPS) is 14.0. The first-order chi connectivity index (χ1) is 7.72. The fourth-order valence-electron chi connectivity index (χ4n) is 1.38. The fourth-order valence-corrected chi connectivity index (χ4v) is 1.38. The van der Waals surface area contributed by atoms with Gasteiger partial charge in [-0.3, -0.25) is 0 Å². The lowest BCUT2D eigenvalue weighted by molar-refractivity contribution is 0.150. The van der Waals surface area contributed by atoms with E-state index in [0.717, 1.165) is 12.8 Å². The summed E-state index contributed by atoms with van der Waals surface area (Å²) in [6, 6.07) is -0.642. The fraction of sp³-hybridized carbons (Fsp3) is 0.846. The molecule has 0 rings (SSSR count). The van der Waals surface area contributed by atoms with Crippen LogP contribution in [0.4, 0.5) is 0 Å². The van der Waals surface area contributed by atoms with Crippen LogP contribution in [0.3, 0.4) is 0 Å². The molecule has 3 heteroatoms. The molecule has 2 atom stereocenters. The Hall–Kier alpha value is -0.560. The van der Waals surface area contributed by atoms with Crippen LogP contribution in [0.15, 0.2) is 0 Å². The summed E-state index contributed by atoms with van der Waals surface area (Å²) >= 11 is 0. The summed E-state index contributed by atoms with van der Waals surface area (Å²) in [5.74, 6) is 5.56. The molecular formula is C13H25NO2. The molecule has 0 aromatic rings. The Kier molecular flexibility index (Phi) is 10.6. The van der Waals surface area contributed by atoms with Gasteiger partial charge in [0, 0.05) is 6.42 Å². The first-order valence-electron chi connectivity index (χ1n) is 6.25. The highest BCUT2D eigenvalue weighted by Gasteiger charge is 2.08. The van der Waals surface area contributed by atoms with Crippen LogP contribution in [0.5, 0.6) is 0 Å². The predicted octanol–water partition coefficient (Wildman–Crippen LogP) is 1.42. The van der Waals surface area contributed by atoms with Crippen molar-refractivity contribution in [3.8, 4) is 11.8 Å². The summed E-state index contributed by atoms with van der Waals surface area (Å²) < 4.78 is 0. The highest BCUT2D eigenvalue weighted by molar-refractivity contribution is 5.07. The first kappa shape index (κ1) is 15.4. The molecule has 4 N–H and O–H groups in total. The van der Waals surface area contributed by atoms with E-state index in [1.165, 1.54) is 32.1 Å². The molecule has 0 unspecified atom stereocenters. The predicted molar refractivity (Wildman–Crippen MR) is 66.8 cm³/mol. The van der Waals surface area contributed by atoms with Crippen LogP contribution in [0.2, 0.25) is 0 Å². The van der Waals surface area contributed by atoms with Crippen molar-refractivity contribution in [2.75, 3.05) is 6.61 Å². The number of unbranched alkanes of at least 4 members (excludes halogenated alkanes) is 6. The lowest BCUT2D eigenvalue weighted by Gasteiger charge is -2.09. The topological polar surface area (TPSA) is 66.5 Å². The molecule has 0 aliphatic heterocycles. The van der Waals surface area contributed by atoms with Crippen molar-refractivity contribution in [2.45, 2.75) is 64.0 Å². The Morgan fingerprint density at radius 1 is 1.12 bits per heavy atom. The quantitative estimate of drug-likeness (QED) is 0.434. The maximum absolute atomic E-state index is 9.33. The van der Waals surface area contributed by atoms with Gasteiger partial charge in [0.05, 0.1) is 12.6 Å². The summed E-state index contributed by atoms with van der Waals surface area (Å²) in [6.07, 6.45) is 7.36. The summed E-state index contributed by atoms with van der Waals surface area (Å²) in [7, 11) is 0. The van der Waals surface area contributed by atoms with Crippen LogP contribution in [0.1, 0.15) is 51.9 Å². The zero-order valence-electron chi connectivity index (χ0n) is 10.3. The SMILES string of the molecule is CCCCCCCCC#C[C@@H](O)[C@@H](N)CO. The number of hydrogen-bond donors (Lipinski definition) is 3. The zero-order chi connectivity index (χ0) is 12.2. The van der Waals surface area contributed by atoms with Gasteiger partial charge in [0.25, 0.3) is 0 Å². The van der Waals surface area contributed by atoms with E-state index in [2.05, 4.69) is 18.8 Å². The molecule has 0 aliphatic carbocycles. The zero-order valence-corrected chi connectivity index (χ0v) is 10.3. The molecule has 0 fully saturated rings. The Bertz CT molecular complexity index is 208. The number of nitrogens with two attached hydrogens (primary N) is 1. The highest BCUT2D eigenvalue weighted by Crippen LogP contribution is 2.06. The number of aliphatic hydroxyl groups excluding tert-OH is 2. The molecule has 0 saturated carbocycles. The van der Waals surface area contributed by atoms with Gasteiger partial charge < -0.3 is 15.9 Å². The van der Waals surface area contributed by atoms with Gasteiger partial charge >= 0.3 is 0 Å². The molecule has 0 radical (unpaired) electrons. The van der Waals surface area contributed by atoms with E-state index >= 15 is 0 Å². The van der Waals surface area contributed by atoms with Crippen LogP contribution in [0, 0.1) is 11.8 Å². The van der Waals surface area contributed by atoms with Crippen LogP contribution < -0.4 is 5.73 Å². The number of hydrogen-bond acceptors (Lipinski definition) is 3. The second-order valence-corrected chi connectivity index (χ2v) is 4.13. The maximum atomic E-state index is 9.33. The average molecular weight is 227 g/mol. The lowest BCUT2D eigenvalue weighted by Crippen LogP contribution is -2.36. The number of aliphatic hydroxyl groups is 2. The Morgan fingerprint density at radius 3 is 2.38 bits per heavy atom. The maximum Gasteiger partial charge on any atom is 0.131 e. The molecule has 0 saturated heterocycles. The van der Waals surface area contributed by atoms with Gasteiger partial charge in [-0.2, -0.15) is 0 Å². The minimum Gasteiger partial charge on any atom is -0.395 e. The molecule has 94 valence electrons. The molecule has 0 aromatic heterocycles. The molecule has 16 heavy (non-hydrogen) atoms. The summed E-state index contributed by atoms with van der Waals surface area (Å²) in [6.45, 7) is 1.98. The van der Waals surface area contributed by atoms with Crippen LogP contribution in [-0.4, -0.2) is 29.0 Å². The van der Waals surface area contributed by atoms with Crippen LogP contribution in [-0.2, 0) is 0 Å². The Morgan fingerprint density at radius 2 is 1.75 bits per heavy atom. The molecule has 3 nitrogen and oxygen atoms in total. The minimum atomic E-state index is -0.898. The molecule has 0 aromatic carbocycles. The Labute approximate surface area is 99.0 Å². The van der Waals surface area contributed by atoms with Crippen molar-refractivity contribution in [3.63, 3.8) is 0 Å². The second-order valence-electron chi connectivity index (χ2n) is 4.13. The van der Waals surface area contributed by atoms with Gasteiger partial charge in [-0.25, -0.2) is 0 Å². The first-order valence-corrected chi connectivity index (χ1v) is 6.25. The summed E-state index contributed by atoms with van der Waals surface area (Å²) in [5.41, 5.74) is 5.41. The van der Waals surface area contributed by atoms with Crippen molar-refractivity contribution in [1.82, 2.24) is 0 Å². The smallest absolute Gasteiger partial charge is 0.131 e. The molecule has 0 bridgehead atoms. The van der Waals surface area contributed by atoms with E-state index < -0.39 is 12.1 Å². The monoisotopic (exact) mass is 227 g/mol. The summed E-state index contributed by atoms with van der Waals surface area (Å²) in [4.78, 5) is 0. The van der Waals surface area contributed by atoms with Gasteiger partial charge in [0.15, 0.2) is 0 Å². The molecule has 0 spiro atoms. The van der Waals surface area contributed by atoms with Crippen molar-refractivity contribution < 1.29 is 10.2 Å². The van der Waals surface area contributed by atoms with E-state index in [1.54, 1.807) is 0 Å². The van der Waals surface area contributed by atoms with Gasteiger partial charge in [0.2, 0.25) is 0 Å². The second kappa shape index (κ2) is 10.9. The van der Waals surface area contributed by atoms with Crippen molar-refractivity contribution in [1.29, 1.82) is 0 Å². The summed E-state index contributed by atoms with van der Waals surface area (Å²) in [5, 5.41) is 18.0. The minimum absolute atomic E-state index is 0.229. The van der Waals surface area contributed by atoms with Gasteiger partial charge in [-0.1, -0.05) is 44.9 Å². The third kappa shape index (κ3) is 8.72. The standard InChI is InChI=1S/C13H25NO2/c1-2-3-4-5-6-7-8-9-10-13(16)12(14)11-15/h12-13,15-16H,2-8,11,14H2,1H3/t12-,13+/m0/s1. The van der Waals surface area contributed by atoms with Crippen molar-refractivity contribution in [3.05, 3.63) is 0 Å². The Balaban J connectivity index is 3.40. The van der Waals surface area contributed by atoms with E-state index in [4.69, 9.17) is 10.8 Å². The molecule has 0 amide bonds. The van der Waals surface area contributed by atoms with Crippen molar-refractivity contribution >= 4 is 0 Å². The van der Waals surface area contributed by atoms with Gasteiger partial charge in [-0.15, -0.1) is 5.92 Å². The van der Waals surface area contributed by atoms with E-state index in [9.17, 15) is 5.11 Å².